The number of nitrogens with zero attached hydrogens (tertiary/aromatic N) is 2. The minimum atomic E-state index is -0.376. The van der Waals surface area contributed by atoms with E-state index in [1.54, 1.807) is 0 Å². The van der Waals surface area contributed by atoms with Gasteiger partial charge >= 0.3 is 0 Å². The number of nitrogens with one attached hydrogen (secondary N) is 1. The zero-order chi connectivity index (χ0) is 15.6. The summed E-state index contributed by atoms with van der Waals surface area (Å²) in [7, 11) is 0. The summed E-state index contributed by atoms with van der Waals surface area (Å²) in [5, 5.41) is 3.61. The average Bonchev–Trinajstić information content (AvgIpc) is 2.97. The second-order valence-electron chi connectivity index (χ2n) is 7.54. The predicted molar refractivity (Wildman–Crippen MR) is 87.1 cm³/mol. The standard InChI is InChI=1S/C17H33N3O/c1-6-17(5)16(21)20(15(18-17)11-13(2)3)14(4)12-19-9-7-8-10-19/h13-15,18H,6-12H2,1-5H3. The summed E-state index contributed by atoms with van der Waals surface area (Å²) >= 11 is 0. The minimum Gasteiger partial charge on any atom is -0.322 e. The van der Waals surface area contributed by atoms with Crippen LogP contribution in [0.1, 0.15) is 60.3 Å². The van der Waals surface area contributed by atoms with E-state index in [-0.39, 0.29) is 11.7 Å². The number of carbonyl (C=O) groups excluding carboxylic acids is 1. The number of carbonyl (C=O) groups is 1. The molecule has 3 atom stereocenters. The van der Waals surface area contributed by atoms with Gasteiger partial charge in [0, 0.05) is 12.6 Å². The van der Waals surface area contributed by atoms with Gasteiger partial charge in [-0.1, -0.05) is 20.8 Å². The summed E-state index contributed by atoms with van der Waals surface area (Å²) in [4.78, 5) is 17.6. The fourth-order valence-corrected chi connectivity index (χ4v) is 3.73. The first kappa shape index (κ1) is 16.8. The van der Waals surface area contributed by atoms with Gasteiger partial charge in [0.1, 0.15) is 0 Å². The van der Waals surface area contributed by atoms with Gasteiger partial charge in [-0.2, -0.15) is 0 Å². The van der Waals surface area contributed by atoms with Crippen LogP contribution in [0.4, 0.5) is 0 Å². The molecule has 21 heavy (non-hydrogen) atoms. The molecule has 0 bridgehead atoms. The number of hydrogen-bond acceptors (Lipinski definition) is 3. The Hall–Kier alpha value is -0.610. The highest BCUT2D eigenvalue weighted by Crippen LogP contribution is 2.29. The van der Waals surface area contributed by atoms with Gasteiger partial charge in [-0.05, 0) is 58.5 Å². The van der Waals surface area contributed by atoms with E-state index in [1.807, 2.05) is 0 Å². The van der Waals surface area contributed by atoms with E-state index in [0.717, 1.165) is 19.4 Å². The number of amides is 1. The van der Waals surface area contributed by atoms with Gasteiger partial charge in [0.05, 0.1) is 11.7 Å². The minimum absolute atomic E-state index is 0.194. The molecular weight excluding hydrogens is 262 g/mol. The second-order valence-corrected chi connectivity index (χ2v) is 7.54. The molecule has 0 aromatic heterocycles. The molecule has 2 rings (SSSR count). The van der Waals surface area contributed by atoms with E-state index in [4.69, 9.17) is 0 Å². The second kappa shape index (κ2) is 6.66. The molecule has 2 saturated heterocycles. The van der Waals surface area contributed by atoms with Gasteiger partial charge < -0.3 is 9.80 Å². The van der Waals surface area contributed by atoms with Gasteiger partial charge in [-0.15, -0.1) is 0 Å². The van der Waals surface area contributed by atoms with Crippen molar-refractivity contribution in [3.05, 3.63) is 0 Å². The van der Waals surface area contributed by atoms with Gasteiger partial charge in [0.15, 0.2) is 0 Å². The molecule has 0 aromatic rings. The summed E-state index contributed by atoms with van der Waals surface area (Å²) in [6.45, 7) is 14.2. The number of rotatable bonds is 6. The third-order valence-electron chi connectivity index (χ3n) is 5.13. The molecule has 0 aliphatic carbocycles. The maximum absolute atomic E-state index is 12.9. The molecular formula is C17H33N3O. The highest BCUT2D eigenvalue weighted by molar-refractivity contribution is 5.88. The van der Waals surface area contributed by atoms with Crippen molar-refractivity contribution >= 4 is 5.91 Å². The molecule has 0 spiro atoms. The quantitative estimate of drug-likeness (QED) is 0.817. The number of hydrogen-bond donors (Lipinski definition) is 1. The van der Waals surface area contributed by atoms with Crippen LogP contribution in [0.25, 0.3) is 0 Å². The molecule has 2 aliphatic heterocycles. The third kappa shape index (κ3) is 3.59. The molecule has 0 radical (unpaired) electrons. The normalized spacial score (nSPS) is 32.4. The van der Waals surface area contributed by atoms with Gasteiger partial charge in [0.25, 0.3) is 0 Å². The third-order valence-corrected chi connectivity index (χ3v) is 5.13. The zero-order valence-corrected chi connectivity index (χ0v) is 14.5. The van der Waals surface area contributed by atoms with Crippen molar-refractivity contribution in [1.82, 2.24) is 15.1 Å². The monoisotopic (exact) mass is 295 g/mol. The van der Waals surface area contributed by atoms with Crippen molar-refractivity contribution in [3.8, 4) is 0 Å². The molecule has 4 heteroatoms. The van der Waals surface area contributed by atoms with E-state index in [9.17, 15) is 4.79 Å². The summed E-state index contributed by atoms with van der Waals surface area (Å²) in [5.74, 6) is 0.887. The summed E-state index contributed by atoms with van der Waals surface area (Å²) < 4.78 is 0. The van der Waals surface area contributed by atoms with Crippen LogP contribution in [0.5, 0.6) is 0 Å². The van der Waals surface area contributed by atoms with Crippen LogP contribution in [-0.4, -0.2) is 53.1 Å². The molecule has 1 amide bonds. The largest absolute Gasteiger partial charge is 0.322 e. The van der Waals surface area contributed by atoms with Crippen LogP contribution in [0, 0.1) is 5.92 Å². The maximum atomic E-state index is 12.9. The number of likely N-dealkylation sites (tertiary alicyclic amines) is 1. The molecule has 4 nitrogen and oxygen atoms in total. The molecule has 2 aliphatic rings. The van der Waals surface area contributed by atoms with E-state index in [0.29, 0.717) is 17.9 Å². The Balaban J connectivity index is 2.09. The molecule has 0 aromatic carbocycles. The lowest BCUT2D eigenvalue weighted by molar-refractivity contribution is -0.135. The molecule has 122 valence electrons. The van der Waals surface area contributed by atoms with Crippen molar-refractivity contribution in [3.63, 3.8) is 0 Å². The summed E-state index contributed by atoms with van der Waals surface area (Å²) in [6.07, 6.45) is 4.70. The molecule has 3 unspecified atom stereocenters. The Labute approximate surface area is 130 Å². The Bertz CT molecular complexity index is 365. The fourth-order valence-electron chi connectivity index (χ4n) is 3.73. The van der Waals surface area contributed by atoms with Crippen molar-refractivity contribution < 1.29 is 4.79 Å². The Morgan fingerprint density at radius 2 is 1.90 bits per heavy atom. The van der Waals surface area contributed by atoms with Gasteiger partial charge in [-0.3, -0.25) is 10.1 Å². The van der Waals surface area contributed by atoms with Gasteiger partial charge in [-0.25, -0.2) is 0 Å². The van der Waals surface area contributed by atoms with Crippen molar-refractivity contribution in [1.29, 1.82) is 0 Å². The fraction of sp³-hybridized carbons (Fsp3) is 0.941. The lowest BCUT2D eigenvalue weighted by Gasteiger charge is -2.33. The molecule has 1 N–H and O–H groups in total. The highest BCUT2D eigenvalue weighted by atomic mass is 16.2. The van der Waals surface area contributed by atoms with E-state index < -0.39 is 0 Å². The highest BCUT2D eigenvalue weighted by Gasteiger charge is 2.48. The predicted octanol–water partition coefficient (Wildman–Crippen LogP) is 2.44. The van der Waals surface area contributed by atoms with E-state index >= 15 is 0 Å². The lowest BCUT2D eigenvalue weighted by atomic mass is 9.99. The Morgan fingerprint density at radius 1 is 1.29 bits per heavy atom. The first-order valence-corrected chi connectivity index (χ1v) is 8.70. The van der Waals surface area contributed by atoms with Crippen LogP contribution in [0.15, 0.2) is 0 Å². The molecule has 2 heterocycles. The van der Waals surface area contributed by atoms with Crippen LogP contribution in [-0.2, 0) is 4.79 Å². The van der Waals surface area contributed by atoms with Crippen molar-refractivity contribution in [2.75, 3.05) is 19.6 Å². The summed E-state index contributed by atoms with van der Waals surface area (Å²) in [6, 6.07) is 0.292. The average molecular weight is 295 g/mol. The first-order valence-electron chi connectivity index (χ1n) is 8.70. The van der Waals surface area contributed by atoms with Crippen LogP contribution >= 0.6 is 0 Å². The maximum Gasteiger partial charge on any atom is 0.244 e. The van der Waals surface area contributed by atoms with E-state index in [2.05, 4.69) is 49.7 Å². The lowest BCUT2D eigenvalue weighted by Crippen LogP contribution is -2.48. The van der Waals surface area contributed by atoms with Crippen LogP contribution in [0.2, 0.25) is 0 Å². The smallest absolute Gasteiger partial charge is 0.244 e. The van der Waals surface area contributed by atoms with Crippen LogP contribution in [0.3, 0.4) is 0 Å². The van der Waals surface area contributed by atoms with Gasteiger partial charge in [0.2, 0.25) is 5.91 Å². The Kier molecular flexibility index (Phi) is 5.31. The Morgan fingerprint density at radius 3 is 2.43 bits per heavy atom. The zero-order valence-electron chi connectivity index (χ0n) is 14.5. The summed E-state index contributed by atoms with van der Waals surface area (Å²) in [5.41, 5.74) is -0.376. The van der Waals surface area contributed by atoms with Crippen LogP contribution < -0.4 is 5.32 Å². The van der Waals surface area contributed by atoms with E-state index in [1.165, 1.54) is 25.9 Å². The SMILES string of the molecule is CCC1(C)NC(CC(C)C)N(C(C)CN2CCCC2)C1=O. The topological polar surface area (TPSA) is 35.6 Å². The first-order chi connectivity index (χ1) is 9.87. The van der Waals surface area contributed by atoms with Crippen molar-refractivity contribution in [2.45, 2.75) is 78.0 Å². The van der Waals surface area contributed by atoms with Crippen molar-refractivity contribution in [2.24, 2.45) is 5.92 Å². The molecule has 0 saturated carbocycles. The molecule has 2 fully saturated rings.